The van der Waals surface area contributed by atoms with Crippen molar-refractivity contribution in [1.82, 2.24) is 21.3 Å². The minimum Gasteiger partial charge on any atom is -0.379 e. The van der Waals surface area contributed by atoms with E-state index >= 15 is 0 Å². The van der Waals surface area contributed by atoms with Crippen molar-refractivity contribution >= 4 is 33.5 Å². The summed E-state index contributed by atoms with van der Waals surface area (Å²) < 4.78 is 58.8. The average molecular weight is 1380 g/mol. The van der Waals surface area contributed by atoms with Crippen LogP contribution in [0.15, 0.2) is 0 Å². The zero-order chi connectivity index (χ0) is 68.6. The third-order valence-corrected chi connectivity index (χ3v) is 19.8. The number of carbonyl (C=O) groups excluding carboxylic acids is 3. The van der Waals surface area contributed by atoms with Crippen molar-refractivity contribution in [2.45, 2.75) is 399 Å². The molecule has 0 aliphatic carbocycles. The van der Waals surface area contributed by atoms with E-state index in [1.54, 1.807) is 0 Å². The van der Waals surface area contributed by atoms with E-state index in [4.69, 9.17) is 27.6 Å². The van der Waals surface area contributed by atoms with Gasteiger partial charge >= 0.3 is 21.7 Å². The third kappa shape index (κ3) is 71.6. The number of hydrogen-bond donors (Lipinski definition) is 6. The second-order valence-electron chi connectivity index (χ2n) is 27.2. The van der Waals surface area contributed by atoms with Crippen LogP contribution in [-0.2, 0) is 46.3 Å². The number of rotatable bonds is 78. The fourth-order valence-corrected chi connectivity index (χ4v) is 13.4. The van der Waals surface area contributed by atoms with Crippen LogP contribution >= 0.6 is 15.6 Å². The molecule has 2 unspecified atom stereocenters. The zero-order valence-electron chi connectivity index (χ0n) is 61.6. The third-order valence-electron chi connectivity index (χ3n) is 17.8. The molecule has 0 fully saturated rings. The Morgan fingerprint density at radius 2 is 0.500 bits per heavy atom. The predicted molar refractivity (Wildman–Crippen MR) is 392 cm³/mol. The maximum atomic E-state index is 13.0. The molecule has 94 heavy (non-hydrogen) atoms. The van der Waals surface area contributed by atoms with Crippen LogP contribution in [0.3, 0.4) is 0 Å². The molecule has 17 nitrogen and oxygen atoms in total. The van der Waals surface area contributed by atoms with Crippen molar-refractivity contribution in [2.75, 3.05) is 65.9 Å². The van der Waals surface area contributed by atoms with Gasteiger partial charge in [0.05, 0.1) is 51.7 Å². The summed E-state index contributed by atoms with van der Waals surface area (Å²) in [7, 11) is -9.17. The van der Waals surface area contributed by atoms with E-state index in [1.807, 2.05) is 0 Å². The second kappa shape index (κ2) is 72.6. The van der Waals surface area contributed by atoms with E-state index in [9.17, 15) is 33.3 Å². The van der Waals surface area contributed by atoms with E-state index in [2.05, 4.69) is 49.0 Å². The maximum Gasteiger partial charge on any atom is 0.472 e. The van der Waals surface area contributed by atoms with Gasteiger partial charge in [-0.25, -0.2) is 13.9 Å². The number of hydrogen-bond acceptors (Lipinski definition) is 11. The number of carbonyl (C=O) groups is 3. The normalized spacial score (nSPS) is 13.6. The first-order chi connectivity index (χ1) is 45.9. The molecule has 0 bridgehead atoms. The number of nitrogens with one attached hydrogen (secondary N) is 4. The Bertz CT molecular complexity index is 1610. The molecule has 0 aliphatic rings. The SMILES string of the molecule is CCCCCCCCCCCCCCCCCCOC[C@H](COP(=O)(O)OCCNC(=O)NCCOP(=O)(O)OC[C@H](COCCCCCCCCCCCCCCCCCC)NC(=O)CCCCCCCCCCCCC)NC(=O)CCCCCCCCCCCCC. The van der Waals surface area contributed by atoms with Crippen molar-refractivity contribution in [2.24, 2.45) is 0 Å². The number of urea groups is 1. The Balaban J connectivity index is 4.87. The Morgan fingerprint density at radius 3 is 0.734 bits per heavy atom. The van der Waals surface area contributed by atoms with Crippen LogP contribution in [0.1, 0.15) is 387 Å². The molecule has 0 heterocycles. The van der Waals surface area contributed by atoms with Gasteiger partial charge in [0.15, 0.2) is 0 Å². The van der Waals surface area contributed by atoms with Crippen LogP contribution in [-0.4, -0.2) is 106 Å². The van der Waals surface area contributed by atoms with Crippen LogP contribution in [0.25, 0.3) is 0 Å². The van der Waals surface area contributed by atoms with Gasteiger partial charge in [-0.05, 0) is 25.7 Å². The van der Waals surface area contributed by atoms with Crippen LogP contribution in [0.2, 0.25) is 0 Å². The van der Waals surface area contributed by atoms with Crippen molar-refractivity contribution in [1.29, 1.82) is 0 Å². The first kappa shape index (κ1) is 92.4. The van der Waals surface area contributed by atoms with Gasteiger partial charge in [-0.15, -0.1) is 0 Å². The zero-order valence-corrected chi connectivity index (χ0v) is 63.4. The molecular weight excluding hydrogens is 1230 g/mol. The summed E-state index contributed by atoms with van der Waals surface area (Å²) in [5.41, 5.74) is 0. The summed E-state index contributed by atoms with van der Waals surface area (Å²) in [6, 6.07) is -1.99. The monoisotopic (exact) mass is 1380 g/mol. The lowest BCUT2D eigenvalue weighted by atomic mass is 10.0. The molecule has 0 aromatic rings. The van der Waals surface area contributed by atoms with Crippen LogP contribution in [0, 0.1) is 0 Å². The van der Waals surface area contributed by atoms with Crippen LogP contribution in [0.4, 0.5) is 4.79 Å². The van der Waals surface area contributed by atoms with Crippen LogP contribution < -0.4 is 21.3 Å². The number of phosphoric ester groups is 2. The molecular formula is C75H152N4O13P2. The fourth-order valence-electron chi connectivity index (χ4n) is 11.9. The molecule has 0 saturated heterocycles. The molecule has 0 aromatic heterocycles. The molecule has 6 N–H and O–H groups in total. The number of unbranched alkanes of at least 4 members (excludes halogenated alkanes) is 50. The first-order valence-electron chi connectivity index (χ1n) is 39.9. The van der Waals surface area contributed by atoms with Gasteiger partial charge in [-0.1, -0.05) is 349 Å². The Hall–Kier alpha value is -1.65. The fraction of sp³-hybridized carbons (Fsp3) is 0.960. The highest BCUT2D eigenvalue weighted by molar-refractivity contribution is 7.47. The molecule has 0 aliphatic heterocycles. The van der Waals surface area contributed by atoms with Gasteiger partial charge in [0.1, 0.15) is 0 Å². The van der Waals surface area contributed by atoms with Gasteiger partial charge in [0.2, 0.25) is 11.8 Å². The van der Waals surface area contributed by atoms with Gasteiger partial charge in [0.25, 0.3) is 0 Å². The molecule has 4 amide bonds. The molecule has 0 radical (unpaired) electrons. The summed E-state index contributed by atoms with van der Waals surface area (Å²) in [4.78, 5) is 59.7. The van der Waals surface area contributed by atoms with E-state index in [1.165, 1.54) is 270 Å². The van der Waals surface area contributed by atoms with Crippen molar-refractivity contribution in [3.63, 3.8) is 0 Å². The first-order valence-corrected chi connectivity index (χ1v) is 42.9. The smallest absolute Gasteiger partial charge is 0.379 e. The highest BCUT2D eigenvalue weighted by Gasteiger charge is 2.26. The number of phosphoric acid groups is 2. The molecule has 19 heteroatoms. The van der Waals surface area contributed by atoms with E-state index in [0.717, 1.165) is 77.0 Å². The lowest BCUT2D eigenvalue weighted by Crippen LogP contribution is -2.41. The molecule has 0 rings (SSSR count). The number of ether oxygens (including phenoxy) is 2. The van der Waals surface area contributed by atoms with Gasteiger partial charge in [-0.2, -0.15) is 0 Å². The topological polar surface area (TPSA) is 229 Å². The van der Waals surface area contributed by atoms with Gasteiger partial charge in [-0.3, -0.25) is 27.7 Å². The summed E-state index contributed by atoms with van der Waals surface area (Å²) in [6.45, 7) is 8.65. The number of amides is 4. The summed E-state index contributed by atoms with van der Waals surface area (Å²) in [6.07, 6.45) is 67.7. The highest BCUT2D eigenvalue weighted by Crippen LogP contribution is 2.44. The Labute approximate surface area is 578 Å². The van der Waals surface area contributed by atoms with Crippen molar-refractivity contribution < 1.29 is 60.9 Å². The van der Waals surface area contributed by atoms with Crippen LogP contribution in [0.5, 0.6) is 0 Å². The largest absolute Gasteiger partial charge is 0.472 e. The lowest BCUT2D eigenvalue weighted by molar-refractivity contribution is -0.123. The lowest BCUT2D eigenvalue weighted by Gasteiger charge is -2.21. The summed E-state index contributed by atoms with van der Waals surface area (Å²) >= 11 is 0. The molecule has 4 atom stereocenters. The Morgan fingerprint density at radius 1 is 0.287 bits per heavy atom. The van der Waals surface area contributed by atoms with E-state index < -0.39 is 33.8 Å². The highest BCUT2D eigenvalue weighted by atomic mass is 31.2. The average Bonchev–Trinajstić information content (AvgIpc) is 3.75. The molecule has 0 saturated carbocycles. The summed E-state index contributed by atoms with van der Waals surface area (Å²) in [5.74, 6) is -0.316. The quantitative estimate of drug-likeness (QED) is 0.0246. The maximum absolute atomic E-state index is 13.0. The van der Waals surface area contributed by atoms with Gasteiger partial charge < -0.3 is 40.5 Å². The predicted octanol–water partition coefficient (Wildman–Crippen LogP) is 21.5. The Kier molecular flexibility index (Phi) is 71.3. The standard InChI is InChI=1S/C75H152N4O13P2/c1-5-9-13-17-21-25-29-31-33-35-37-41-45-49-53-57-63-87-67-71(78-73(80)59-55-51-47-43-39-27-23-19-15-11-7-3)69-91-93(83,84)89-65-61-76-75(82)77-62-66-90-94(85,86)92-70-72(79-74(81)60-56-52-48-44-40-28-24-20-16-12-8-4)68-88-64-58-54-50-46-42-38-36-34-32-30-26-22-18-14-10-6-2/h71-72H,5-70H2,1-4H3,(H,78,80)(H,79,81)(H,83,84)(H,85,86)(H2,76,77,82)/t71-,72+. The van der Waals surface area contributed by atoms with Gasteiger partial charge in [0, 0.05) is 39.1 Å². The summed E-state index contributed by atoms with van der Waals surface area (Å²) in [5, 5.41) is 10.9. The van der Waals surface area contributed by atoms with E-state index in [-0.39, 0.29) is 64.5 Å². The minimum absolute atomic E-state index is 0.124. The van der Waals surface area contributed by atoms with Crippen molar-refractivity contribution in [3.05, 3.63) is 0 Å². The van der Waals surface area contributed by atoms with E-state index in [0.29, 0.717) is 26.1 Å². The molecule has 0 spiro atoms. The second-order valence-corrected chi connectivity index (χ2v) is 30.1. The van der Waals surface area contributed by atoms with Crippen molar-refractivity contribution in [3.8, 4) is 0 Å². The minimum atomic E-state index is -4.58. The molecule has 0 aromatic carbocycles. The molecule has 560 valence electrons.